The molecular formula is C17H23N3O3S. The Kier molecular flexibility index (Phi) is 4.10. The number of amides is 1. The quantitative estimate of drug-likeness (QED) is 0.822. The molecule has 2 heterocycles. The zero-order valence-corrected chi connectivity index (χ0v) is 14.5. The molecule has 0 N–H and O–H groups in total. The Morgan fingerprint density at radius 1 is 0.917 bits per heavy atom. The van der Waals surface area contributed by atoms with Crippen LogP contribution < -0.4 is 4.90 Å². The van der Waals surface area contributed by atoms with Crippen LogP contribution in [0.4, 0.5) is 5.69 Å². The molecule has 0 bridgehead atoms. The van der Waals surface area contributed by atoms with Crippen molar-refractivity contribution >= 4 is 21.6 Å². The predicted molar refractivity (Wildman–Crippen MR) is 91.4 cm³/mol. The summed E-state index contributed by atoms with van der Waals surface area (Å²) < 4.78 is 27.2. The number of benzene rings is 1. The number of carbonyl (C=O) groups is 1. The van der Waals surface area contributed by atoms with Crippen LogP contribution in [0, 0.1) is 0 Å². The van der Waals surface area contributed by atoms with E-state index in [0.717, 1.165) is 25.2 Å². The number of hydrogen-bond donors (Lipinski definition) is 0. The predicted octanol–water partition coefficient (Wildman–Crippen LogP) is 1.28. The van der Waals surface area contributed by atoms with Crippen molar-refractivity contribution in [2.45, 2.75) is 36.6 Å². The van der Waals surface area contributed by atoms with Crippen LogP contribution in [0.15, 0.2) is 29.2 Å². The van der Waals surface area contributed by atoms with Crippen LogP contribution in [0.5, 0.6) is 0 Å². The SMILES string of the molecule is O=C1CCCN1c1ccc(S(=O)(=O)N2CCN(C3CC3)CC2)cc1. The van der Waals surface area contributed by atoms with E-state index in [9.17, 15) is 13.2 Å². The second-order valence-electron chi connectivity index (χ2n) is 6.81. The largest absolute Gasteiger partial charge is 0.312 e. The van der Waals surface area contributed by atoms with Crippen LogP contribution in [-0.2, 0) is 14.8 Å². The monoisotopic (exact) mass is 349 g/mol. The Hall–Kier alpha value is -1.44. The van der Waals surface area contributed by atoms with Gasteiger partial charge < -0.3 is 4.90 Å². The molecule has 130 valence electrons. The van der Waals surface area contributed by atoms with Crippen molar-refractivity contribution in [3.05, 3.63) is 24.3 Å². The lowest BCUT2D eigenvalue weighted by atomic mass is 10.3. The van der Waals surface area contributed by atoms with E-state index < -0.39 is 10.0 Å². The van der Waals surface area contributed by atoms with E-state index in [1.807, 2.05) is 0 Å². The highest BCUT2D eigenvalue weighted by Crippen LogP contribution is 2.29. The van der Waals surface area contributed by atoms with Crippen molar-refractivity contribution in [1.29, 1.82) is 0 Å². The van der Waals surface area contributed by atoms with Crippen molar-refractivity contribution in [1.82, 2.24) is 9.21 Å². The lowest BCUT2D eigenvalue weighted by molar-refractivity contribution is -0.117. The Morgan fingerprint density at radius 2 is 1.58 bits per heavy atom. The number of carbonyl (C=O) groups excluding carboxylic acids is 1. The van der Waals surface area contributed by atoms with Crippen molar-refractivity contribution in [3.8, 4) is 0 Å². The van der Waals surface area contributed by atoms with Gasteiger partial charge in [0.15, 0.2) is 0 Å². The van der Waals surface area contributed by atoms with Crippen molar-refractivity contribution in [2.75, 3.05) is 37.6 Å². The highest BCUT2D eigenvalue weighted by Gasteiger charge is 2.35. The highest BCUT2D eigenvalue weighted by atomic mass is 32.2. The molecule has 1 aliphatic carbocycles. The second kappa shape index (κ2) is 6.13. The van der Waals surface area contributed by atoms with Gasteiger partial charge in [-0.1, -0.05) is 0 Å². The van der Waals surface area contributed by atoms with E-state index >= 15 is 0 Å². The number of nitrogens with zero attached hydrogens (tertiary/aromatic N) is 3. The van der Waals surface area contributed by atoms with Crippen molar-refractivity contribution < 1.29 is 13.2 Å². The van der Waals surface area contributed by atoms with Gasteiger partial charge in [-0.3, -0.25) is 9.69 Å². The first-order valence-corrected chi connectivity index (χ1v) is 10.1. The summed E-state index contributed by atoms with van der Waals surface area (Å²) in [5.74, 6) is 0.113. The van der Waals surface area contributed by atoms with E-state index in [1.54, 1.807) is 33.5 Å². The maximum atomic E-state index is 12.8. The first kappa shape index (κ1) is 16.1. The van der Waals surface area contributed by atoms with Crippen molar-refractivity contribution in [3.63, 3.8) is 0 Å². The first-order valence-electron chi connectivity index (χ1n) is 8.70. The minimum atomic E-state index is -3.44. The van der Waals surface area contributed by atoms with Gasteiger partial charge in [-0.05, 0) is 43.5 Å². The number of hydrogen-bond acceptors (Lipinski definition) is 4. The molecule has 3 fully saturated rings. The van der Waals surface area contributed by atoms with Crippen LogP contribution in [0.1, 0.15) is 25.7 Å². The molecule has 0 unspecified atom stereocenters. The first-order chi connectivity index (χ1) is 11.6. The second-order valence-corrected chi connectivity index (χ2v) is 8.75. The molecule has 3 aliphatic rings. The Balaban J connectivity index is 1.46. The van der Waals surface area contributed by atoms with Gasteiger partial charge in [-0.2, -0.15) is 4.31 Å². The van der Waals surface area contributed by atoms with Gasteiger partial charge >= 0.3 is 0 Å². The minimum absolute atomic E-state index is 0.113. The van der Waals surface area contributed by atoms with Crippen molar-refractivity contribution in [2.24, 2.45) is 0 Å². The Morgan fingerprint density at radius 3 is 2.12 bits per heavy atom. The van der Waals surface area contributed by atoms with Crippen LogP contribution in [0.2, 0.25) is 0 Å². The molecule has 0 aromatic heterocycles. The fourth-order valence-corrected chi connectivity index (χ4v) is 5.04. The lowest BCUT2D eigenvalue weighted by Crippen LogP contribution is -2.49. The topological polar surface area (TPSA) is 60.9 Å². The summed E-state index contributed by atoms with van der Waals surface area (Å²) in [4.78, 5) is 16.2. The smallest absolute Gasteiger partial charge is 0.243 e. The third-order valence-electron chi connectivity index (χ3n) is 5.20. The van der Waals surface area contributed by atoms with E-state index in [2.05, 4.69) is 4.90 Å². The van der Waals surface area contributed by atoms with Gasteiger partial charge in [0.1, 0.15) is 0 Å². The lowest BCUT2D eigenvalue weighted by Gasteiger charge is -2.34. The molecule has 6 nitrogen and oxygen atoms in total. The molecule has 0 spiro atoms. The maximum absolute atomic E-state index is 12.8. The summed E-state index contributed by atoms with van der Waals surface area (Å²) in [5.41, 5.74) is 0.787. The average Bonchev–Trinajstić information content (AvgIpc) is 3.37. The van der Waals surface area contributed by atoms with Gasteiger partial charge in [-0.15, -0.1) is 0 Å². The molecule has 1 aromatic carbocycles. The van der Waals surface area contributed by atoms with E-state index in [-0.39, 0.29) is 5.91 Å². The summed E-state index contributed by atoms with van der Waals surface area (Å²) in [7, 11) is -3.44. The van der Waals surface area contributed by atoms with Crippen LogP contribution in [-0.4, -0.2) is 62.3 Å². The fourth-order valence-electron chi connectivity index (χ4n) is 3.62. The molecule has 7 heteroatoms. The summed E-state index contributed by atoms with van der Waals surface area (Å²) in [6.45, 7) is 3.49. The molecule has 0 radical (unpaired) electrons. The van der Waals surface area contributed by atoms with Gasteiger partial charge in [-0.25, -0.2) is 8.42 Å². The van der Waals surface area contributed by atoms with Gasteiger partial charge in [0, 0.05) is 50.9 Å². The molecule has 24 heavy (non-hydrogen) atoms. The van der Waals surface area contributed by atoms with Gasteiger partial charge in [0.25, 0.3) is 0 Å². The number of anilines is 1. The summed E-state index contributed by atoms with van der Waals surface area (Å²) in [6.07, 6.45) is 3.95. The molecular weight excluding hydrogens is 326 g/mol. The molecule has 1 aromatic rings. The number of sulfonamides is 1. The van der Waals surface area contributed by atoms with Crippen LogP contribution >= 0.6 is 0 Å². The number of rotatable bonds is 4. The Bertz CT molecular complexity index is 720. The standard InChI is InChI=1S/C17H23N3O3S/c21-17-2-1-9-20(17)15-5-7-16(8-6-15)24(22,23)19-12-10-18(11-13-19)14-3-4-14/h5-8,14H,1-4,9-13H2. The Labute approximate surface area is 143 Å². The fraction of sp³-hybridized carbons (Fsp3) is 0.588. The van der Waals surface area contributed by atoms with E-state index in [0.29, 0.717) is 37.0 Å². The van der Waals surface area contributed by atoms with E-state index in [1.165, 1.54) is 12.8 Å². The third kappa shape index (κ3) is 2.96. The molecule has 0 atom stereocenters. The van der Waals surface area contributed by atoms with Crippen LogP contribution in [0.25, 0.3) is 0 Å². The maximum Gasteiger partial charge on any atom is 0.243 e. The highest BCUT2D eigenvalue weighted by molar-refractivity contribution is 7.89. The minimum Gasteiger partial charge on any atom is -0.312 e. The summed E-state index contributed by atoms with van der Waals surface area (Å²) in [5, 5.41) is 0. The van der Waals surface area contributed by atoms with Crippen LogP contribution in [0.3, 0.4) is 0 Å². The zero-order valence-electron chi connectivity index (χ0n) is 13.7. The summed E-state index contributed by atoms with van der Waals surface area (Å²) >= 11 is 0. The van der Waals surface area contributed by atoms with Gasteiger partial charge in [0.2, 0.25) is 15.9 Å². The molecule has 1 saturated carbocycles. The zero-order chi connectivity index (χ0) is 16.7. The molecule has 2 aliphatic heterocycles. The molecule has 1 amide bonds. The van der Waals surface area contributed by atoms with E-state index in [4.69, 9.17) is 0 Å². The molecule has 2 saturated heterocycles. The third-order valence-corrected chi connectivity index (χ3v) is 7.11. The van der Waals surface area contributed by atoms with Gasteiger partial charge in [0.05, 0.1) is 4.90 Å². The normalized spacial score (nSPS) is 23.8. The number of piperazine rings is 1. The average molecular weight is 349 g/mol. The summed E-state index contributed by atoms with van der Waals surface area (Å²) in [6, 6.07) is 7.44. The molecule has 4 rings (SSSR count).